The van der Waals surface area contributed by atoms with Crippen molar-refractivity contribution in [1.82, 2.24) is 9.78 Å². The van der Waals surface area contributed by atoms with E-state index in [0.717, 1.165) is 23.7 Å². The molecule has 2 atom stereocenters. The molecule has 3 nitrogen and oxygen atoms in total. The molecule has 1 saturated carbocycles. The number of nitrogens with two attached hydrogens (primary N) is 1. The highest BCUT2D eigenvalue weighted by molar-refractivity contribution is 6.30. The first-order chi connectivity index (χ1) is 7.58. The topological polar surface area (TPSA) is 43.8 Å². The molecule has 1 aliphatic rings. The van der Waals surface area contributed by atoms with Crippen LogP contribution in [0.25, 0.3) is 0 Å². The second-order valence-electron chi connectivity index (χ2n) is 4.98. The first-order valence-electron chi connectivity index (χ1n) is 6.01. The van der Waals surface area contributed by atoms with Crippen LogP contribution in [0.1, 0.15) is 36.9 Å². The van der Waals surface area contributed by atoms with E-state index in [1.165, 1.54) is 24.8 Å². The summed E-state index contributed by atoms with van der Waals surface area (Å²) >= 11 is 6.24. The van der Waals surface area contributed by atoms with Gasteiger partial charge in [0, 0.05) is 18.7 Å². The van der Waals surface area contributed by atoms with Gasteiger partial charge in [-0.15, -0.1) is 0 Å². The van der Waals surface area contributed by atoms with E-state index in [4.69, 9.17) is 17.3 Å². The average Bonchev–Trinajstić information content (AvgIpc) is 2.45. The molecule has 0 radical (unpaired) electrons. The Morgan fingerprint density at radius 3 is 2.81 bits per heavy atom. The molecule has 16 heavy (non-hydrogen) atoms. The number of aryl methyl sites for hydroxylation is 2. The molecule has 0 aromatic carbocycles. The Morgan fingerprint density at radius 1 is 1.50 bits per heavy atom. The number of hydrogen-bond donors (Lipinski definition) is 1. The molecular weight excluding hydrogens is 222 g/mol. The van der Waals surface area contributed by atoms with Gasteiger partial charge in [0.05, 0.1) is 5.69 Å². The van der Waals surface area contributed by atoms with Crippen molar-refractivity contribution in [1.29, 1.82) is 0 Å². The monoisotopic (exact) mass is 241 g/mol. The van der Waals surface area contributed by atoms with E-state index in [2.05, 4.69) is 5.10 Å². The van der Waals surface area contributed by atoms with Crippen LogP contribution >= 0.6 is 11.6 Å². The zero-order valence-electron chi connectivity index (χ0n) is 10.0. The number of nitrogens with zero attached hydrogens (tertiary/aromatic N) is 2. The smallest absolute Gasteiger partial charge is 0.130 e. The van der Waals surface area contributed by atoms with Crippen LogP contribution in [0.3, 0.4) is 0 Å². The maximum atomic E-state index is 6.24. The summed E-state index contributed by atoms with van der Waals surface area (Å²) < 4.78 is 1.76. The van der Waals surface area contributed by atoms with Crippen molar-refractivity contribution in [3.63, 3.8) is 0 Å². The van der Waals surface area contributed by atoms with Gasteiger partial charge in [-0.25, -0.2) is 0 Å². The number of rotatable bonds is 2. The Hall–Kier alpha value is -0.540. The molecule has 0 spiro atoms. The van der Waals surface area contributed by atoms with Crippen molar-refractivity contribution in [2.75, 3.05) is 0 Å². The molecule has 1 fully saturated rings. The van der Waals surface area contributed by atoms with Crippen molar-refractivity contribution >= 4 is 11.6 Å². The largest absolute Gasteiger partial charge is 0.328 e. The first kappa shape index (κ1) is 11.9. The lowest BCUT2D eigenvalue weighted by molar-refractivity contribution is 0.320. The summed E-state index contributed by atoms with van der Waals surface area (Å²) in [5, 5.41) is 5.14. The third-order valence-corrected chi connectivity index (χ3v) is 4.06. The number of halogens is 1. The maximum absolute atomic E-state index is 6.24. The summed E-state index contributed by atoms with van der Waals surface area (Å²) in [4.78, 5) is 0. The normalized spacial score (nSPS) is 26.0. The average molecular weight is 242 g/mol. The molecule has 1 aliphatic carbocycles. The fraction of sp³-hybridized carbons (Fsp3) is 0.750. The third-order valence-electron chi connectivity index (χ3n) is 3.59. The third kappa shape index (κ3) is 2.41. The first-order valence-corrected chi connectivity index (χ1v) is 6.39. The summed E-state index contributed by atoms with van der Waals surface area (Å²) in [5.41, 5.74) is 8.28. The lowest BCUT2D eigenvalue weighted by Crippen LogP contribution is -2.28. The predicted octanol–water partition coefficient (Wildman–Crippen LogP) is 2.44. The van der Waals surface area contributed by atoms with Gasteiger partial charge in [0.2, 0.25) is 0 Å². The summed E-state index contributed by atoms with van der Waals surface area (Å²) in [7, 11) is 1.89. The van der Waals surface area contributed by atoms with Gasteiger partial charge < -0.3 is 5.73 Å². The molecular formula is C12H20ClN3. The van der Waals surface area contributed by atoms with Gasteiger partial charge in [-0.2, -0.15) is 5.10 Å². The van der Waals surface area contributed by atoms with E-state index in [-0.39, 0.29) is 0 Å². The van der Waals surface area contributed by atoms with Crippen molar-refractivity contribution in [3.8, 4) is 0 Å². The Kier molecular flexibility index (Phi) is 3.55. The van der Waals surface area contributed by atoms with Gasteiger partial charge in [-0.1, -0.05) is 24.4 Å². The molecule has 1 heterocycles. The van der Waals surface area contributed by atoms with E-state index in [9.17, 15) is 0 Å². The summed E-state index contributed by atoms with van der Waals surface area (Å²) in [6.07, 6.45) is 5.87. The van der Waals surface area contributed by atoms with Crippen molar-refractivity contribution in [2.45, 2.75) is 45.1 Å². The van der Waals surface area contributed by atoms with Crippen LogP contribution in [0.15, 0.2) is 0 Å². The SMILES string of the molecule is Cc1nn(C)c(Cl)c1CC1CCCC(N)C1. The standard InChI is InChI=1S/C12H20ClN3/c1-8-11(12(13)16(2)15-8)7-9-4-3-5-10(14)6-9/h9-10H,3-7,14H2,1-2H3. The van der Waals surface area contributed by atoms with Crippen LogP contribution < -0.4 is 5.73 Å². The highest BCUT2D eigenvalue weighted by Gasteiger charge is 2.22. The van der Waals surface area contributed by atoms with Gasteiger partial charge in [-0.05, 0) is 32.1 Å². The summed E-state index contributed by atoms with van der Waals surface area (Å²) in [5.74, 6) is 0.684. The zero-order valence-corrected chi connectivity index (χ0v) is 10.8. The van der Waals surface area contributed by atoms with Crippen LogP contribution in [0.4, 0.5) is 0 Å². The fourth-order valence-electron chi connectivity index (χ4n) is 2.71. The molecule has 0 amide bonds. The van der Waals surface area contributed by atoms with E-state index >= 15 is 0 Å². The molecule has 0 bridgehead atoms. The van der Waals surface area contributed by atoms with Gasteiger partial charge in [-0.3, -0.25) is 4.68 Å². The van der Waals surface area contributed by atoms with Gasteiger partial charge >= 0.3 is 0 Å². The van der Waals surface area contributed by atoms with E-state index in [1.807, 2.05) is 14.0 Å². The van der Waals surface area contributed by atoms with Crippen molar-refractivity contribution < 1.29 is 0 Å². The molecule has 1 aromatic rings. The molecule has 2 N–H and O–H groups in total. The van der Waals surface area contributed by atoms with E-state index in [1.54, 1.807) is 4.68 Å². The minimum Gasteiger partial charge on any atom is -0.328 e. The molecule has 2 unspecified atom stereocenters. The van der Waals surface area contributed by atoms with Gasteiger partial charge in [0.25, 0.3) is 0 Å². The van der Waals surface area contributed by atoms with Crippen LogP contribution in [-0.2, 0) is 13.5 Å². The molecule has 90 valence electrons. The van der Waals surface area contributed by atoms with Crippen LogP contribution in [0.2, 0.25) is 5.15 Å². The number of hydrogen-bond acceptors (Lipinski definition) is 2. The number of aromatic nitrogens is 2. The fourth-order valence-corrected chi connectivity index (χ4v) is 2.96. The second kappa shape index (κ2) is 4.76. The lowest BCUT2D eigenvalue weighted by atomic mass is 9.82. The van der Waals surface area contributed by atoms with Gasteiger partial charge in [0.1, 0.15) is 5.15 Å². The van der Waals surface area contributed by atoms with E-state index in [0.29, 0.717) is 12.0 Å². The Balaban J connectivity index is 2.08. The van der Waals surface area contributed by atoms with Crippen molar-refractivity contribution in [3.05, 3.63) is 16.4 Å². The van der Waals surface area contributed by atoms with Gasteiger partial charge in [0.15, 0.2) is 0 Å². The Bertz CT molecular complexity index is 373. The van der Waals surface area contributed by atoms with Crippen LogP contribution in [0.5, 0.6) is 0 Å². The summed E-state index contributed by atoms with van der Waals surface area (Å²) in [6.45, 7) is 2.03. The Labute approximate surface area is 102 Å². The van der Waals surface area contributed by atoms with Crippen molar-refractivity contribution in [2.24, 2.45) is 18.7 Å². The Morgan fingerprint density at radius 2 is 2.25 bits per heavy atom. The van der Waals surface area contributed by atoms with Crippen LogP contribution in [0, 0.1) is 12.8 Å². The van der Waals surface area contributed by atoms with Crippen LogP contribution in [-0.4, -0.2) is 15.8 Å². The predicted molar refractivity (Wildman–Crippen MR) is 66.6 cm³/mol. The maximum Gasteiger partial charge on any atom is 0.130 e. The quantitative estimate of drug-likeness (QED) is 0.865. The molecule has 0 aliphatic heterocycles. The minimum atomic E-state index is 0.384. The minimum absolute atomic E-state index is 0.384. The second-order valence-corrected chi connectivity index (χ2v) is 5.33. The van der Waals surface area contributed by atoms with E-state index < -0.39 is 0 Å². The molecule has 2 rings (SSSR count). The highest BCUT2D eigenvalue weighted by Crippen LogP contribution is 2.30. The summed E-state index contributed by atoms with van der Waals surface area (Å²) in [6, 6.07) is 0.384. The molecule has 4 heteroatoms. The zero-order chi connectivity index (χ0) is 11.7. The lowest BCUT2D eigenvalue weighted by Gasteiger charge is -2.26. The molecule has 1 aromatic heterocycles. The highest BCUT2D eigenvalue weighted by atomic mass is 35.5. The molecule has 0 saturated heterocycles.